The molecular formula is C21H12F8O2. The molecule has 0 amide bonds. The van der Waals surface area contributed by atoms with Crippen molar-refractivity contribution in [2.24, 2.45) is 0 Å². The number of benzene rings is 3. The first-order valence-corrected chi connectivity index (χ1v) is 8.52. The second-order valence-electron chi connectivity index (χ2n) is 6.50. The summed E-state index contributed by atoms with van der Waals surface area (Å²) < 4.78 is 124. The summed E-state index contributed by atoms with van der Waals surface area (Å²) in [6, 6.07) is 4.33. The van der Waals surface area contributed by atoms with Gasteiger partial charge in [-0.15, -0.1) is 0 Å². The van der Waals surface area contributed by atoms with E-state index in [9.17, 15) is 35.1 Å². The van der Waals surface area contributed by atoms with E-state index in [4.69, 9.17) is 4.74 Å². The summed E-state index contributed by atoms with van der Waals surface area (Å²) in [7, 11) is 0.680. The molecule has 3 aromatic rings. The first kappa shape index (κ1) is 22.4. The van der Waals surface area contributed by atoms with Crippen LogP contribution in [-0.4, -0.2) is 7.11 Å². The maximum Gasteiger partial charge on any atom is 0.205 e. The monoisotopic (exact) mass is 448 g/mol. The summed E-state index contributed by atoms with van der Waals surface area (Å²) in [5.74, 6) is -21.1. The largest absolute Gasteiger partial charge is 0.491 e. The van der Waals surface area contributed by atoms with Crippen LogP contribution in [0.3, 0.4) is 0 Å². The Morgan fingerprint density at radius 2 is 1.00 bits per heavy atom. The van der Waals surface area contributed by atoms with Crippen LogP contribution >= 0.6 is 0 Å². The zero-order chi connectivity index (χ0) is 23.2. The van der Waals surface area contributed by atoms with Crippen LogP contribution in [0.5, 0.6) is 17.2 Å². The Bertz CT molecular complexity index is 1150. The van der Waals surface area contributed by atoms with E-state index < -0.39 is 69.2 Å². The SMILES string of the molecule is COc1c(F)c(F)c(-c2c(F)c(F)c(Oc3ccc(C)cc3C)c(F)c2F)c(F)c1F. The number of halogens is 8. The van der Waals surface area contributed by atoms with Crippen LogP contribution < -0.4 is 9.47 Å². The summed E-state index contributed by atoms with van der Waals surface area (Å²) in [5, 5.41) is 0. The molecule has 0 unspecified atom stereocenters. The molecule has 0 aromatic heterocycles. The van der Waals surface area contributed by atoms with Crippen molar-refractivity contribution in [2.75, 3.05) is 7.11 Å². The highest BCUT2D eigenvalue weighted by molar-refractivity contribution is 5.69. The number of ether oxygens (including phenoxy) is 2. The predicted molar refractivity (Wildman–Crippen MR) is 94.1 cm³/mol. The van der Waals surface area contributed by atoms with Crippen molar-refractivity contribution in [2.45, 2.75) is 13.8 Å². The average molecular weight is 448 g/mol. The van der Waals surface area contributed by atoms with Crippen LogP contribution in [-0.2, 0) is 0 Å². The summed E-state index contributed by atoms with van der Waals surface area (Å²) in [5.41, 5.74) is -2.85. The van der Waals surface area contributed by atoms with Gasteiger partial charge in [-0.2, -0.15) is 17.6 Å². The van der Waals surface area contributed by atoms with Gasteiger partial charge in [0.05, 0.1) is 18.2 Å². The normalized spacial score (nSPS) is 11.1. The van der Waals surface area contributed by atoms with Gasteiger partial charge in [0, 0.05) is 0 Å². The molecule has 0 atom stereocenters. The number of methoxy groups -OCH3 is 1. The van der Waals surface area contributed by atoms with Gasteiger partial charge >= 0.3 is 0 Å². The highest BCUT2D eigenvalue weighted by Gasteiger charge is 2.35. The lowest BCUT2D eigenvalue weighted by Gasteiger charge is -2.16. The lowest BCUT2D eigenvalue weighted by molar-refractivity contribution is 0.332. The summed E-state index contributed by atoms with van der Waals surface area (Å²) >= 11 is 0. The molecule has 0 spiro atoms. The minimum Gasteiger partial charge on any atom is -0.491 e. The van der Waals surface area contributed by atoms with Crippen molar-refractivity contribution in [1.82, 2.24) is 0 Å². The molecule has 0 aliphatic rings. The van der Waals surface area contributed by atoms with Gasteiger partial charge in [-0.1, -0.05) is 17.7 Å². The molecule has 0 fully saturated rings. The first-order chi connectivity index (χ1) is 14.5. The first-order valence-electron chi connectivity index (χ1n) is 8.52. The number of aryl methyl sites for hydroxylation is 2. The third kappa shape index (κ3) is 3.55. The van der Waals surface area contributed by atoms with Gasteiger partial charge in [-0.25, -0.2) is 17.6 Å². The standard InChI is InChI=1S/C21H12F8O2/c1-7-4-5-9(8(2)6-7)31-21-18(28)14(24)11(15(25)19(21)29)10-12(22)16(26)20(30-3)17(27)13(10)23/h4-6H,1-3H3. The molecule has 0 bridgehead atoms. The van der Waals surface area contributed by atoms with Crippen LogP contribution in [0.4, 0.5) is 35.1 Å². The number of hydrogen-bond donors (Lipinski definition) is 0. The third-order valence-electron chi connectivity index (χ3n) is 4.44. The van der Waals surface area contributed by atoms with Gasteiger partial charge in [0.2, 0.25) is 29.0 Å². The topological polar surface area (TPSA) is 18.5 Å². The number of rotatable bonds is 4. The highest BCUT2D eigenvalue weighted by atomic mass is 19.2. The molecule has 0 radical (unpaired) electrons. The smallest absolute Gasteiger partial charge is 0.205 e. The van der Waals surface area contributed by atoms with E-state index in [1.165, 1.54) is 19.1 Å². The van der Waals surface area contributed by atoms with E-state index in [1.807, 2.05) is 0 Å². The van der Waals surface area contributed by atoms with Crippen LogP contribution in [0.1, 0.15) is 11.1 Å². The quantitative estimate of drug-likeness (QED) is 0.320. The van der Waals surface area contributed by atoms with E-state index in [2.05, 4.69) is 4.74 Å². The second kappa shape index (κ2) is 8.09. The summed E-state index contributed by atoms with van der Waals surface area (Å²) in [6.07, 6.45) is 0. The Labute approximate surface area is 170 Å². The molecule has 0 aliphatic heterocycles. The Balaban J connectivity index is 2.27. The maximum atomic E-state index is 14.6. The lowest BCUT2D eigenvalue weighted by Crippen LogP contribution is -2.09. The number of hydrogen-bond acceptors (Lipinski definition) is 2. The van der Waals surface area contributed by atoms with E-state index >= 15 is 0 Å². The van der Waals surface area contributed by atoms with Crippen molar-refractivity contribution >= 4 is 0 Å². The molecule has 2 nitrogen and oxygen atoms in total. The van der Waals surface area contributed by atoms with Crippen molar-refractivity contribution in [3.63, 3.8) is 0 Å². The molecule has 0 saturated carbocycles. The van der Waals surface area contributed by atoms with Crippen LogP contribution in [0.15, 0.2) is 18.2 Å². The predicted octanol–water partition coefficient (Wildman–Crippen LogP) is 6.88. The van der Waals surface area contributed by atoms with Gasteiger partial charge in [0.1, 0.15) is 5.75 Å². The van der Waals surface area contributed by atoms with Gasteiger partial charge in [-0.3, -0.25) is 0 Å². The van der Waals surface area contributed by atoms with Gasteiger partial charge in [-0.05, 0) is 25.5 Å². The maximum absolute atomic E-state index is 14.6. The third-order valence-corrected chi connectivity index (χ3v) is 4.44. The zero-order valence-corrected chi connectivity index (χ0v) is 16.1. The van der Waals surface area contributed by atoms with E-state index in [0.717, 1.165) is 5.56 Å². The van der Waals surface area contributed by atoms with Crippen LogP contribution in [0.25, 0.3) is 11.1 Å². The Hall–Kier alpha value is -3.30. The molecule has 3 aromatic carbocycles. The Morgan fingerprint density at radius 3 is 1.39 bits per heavy atom. The Kier molecular flexibility index (Phi) is 5.84. The molecule has 0 heterocycles. The fraction of sp³-hybridized carbons (Fsp3) is 0.143. The zero-order valence-electron chi connectivity index (χ0n) is 16.1. The van der Waals surface area contributed by atoms with Gasteiger partial charge in [0.25, 0.3) is 0 Å². The summed E-state index contributed by atoms with van der Waals surface area (Å²) in [4.78, 5) is 0. The van der Waals surface area contributed by atoms with Crippen molar-refractivity contribution in [1.29, 1.82) is 0 Å². The van der Waals surface area contributed by atoms with Gasteiger partial charge < -0.3 is 9.47 Å². The molecule has 0 N–H and O–H groups in total. The van der Waals surface area contributed by atoms with Gasteiger partial charge in [0.15, 0.2) is 29.0 Å². The summed E-state index contributed by atoms with van der Waals surface area (Å²) in [6.45, 7) is 3.20. The minimum absolute atomic E-state index is 0.158. The van der Waals surface area contributed by atoms with Crippen LogP contribution in [0, 0.1) is 60.4 Å². The average Bonchev–Trinajstić information content (AvgIpc) is 2.72. The second-order valence-corrected chi connectivity index (χ2v) is 6.50. The van der Waals surface area contributed by atoms with E-state index in [-0.39, 0.29) is 5.75 Å². The highest BCUT2D eigenvalue weighted by Crippen LogP contribution is 2.42. The molecular weight excluding hydrogens is 436 g/mol. The molecule has 164 valence electrons. The fourth-order valence-corrected chi connectivity index (χ4v) is 2.95. The molecule has 3 rings (SSSR count). The molecule has 0 saturated heterocycles. The van der Waals surface area contributed by atoms with Crippen LogP contribution in [0.2, 0.25) is 0 Å². The van der Waals surface area contributed by atoms with E-state index in [1.54, 1.807) is 13.0 Å². The molecule has 31 heavy (non-hydrogen) atoms. The minimum atomic E-state index is -2.32. The Morgan fingerprint density at radius 1 is 0.581 bits per heavy atom. The van der Waals surface area contributed by atoms with Crippen molar-refractivity contribution in [3.05, 3.63) is 75.9 Å². The molecule has 0 aliphatic carbocycles. The lowest BCUT2D eigenvalue weighted by atomic mass is 10.0. The fourth-order valence-electron chi connectivity index (χ4n) is 2.95. The van der Waals surface area contributed by atoms with Crippen molar-refractivity contribution < 1.29 is 44.6 Å². The van der Waals surface area contributed by atoms with Crippen molar-refractivity contribution in [3.8, 4) is 28.4 Å². The van der Waals surface area contributed by atoms with E-state index in [0.29, 0.717) is 12.7 Å². The molecule has 10 heteroatoms.